The molecule has 6 heteroatoms. The molecule has 1 saturated heterocycles. The molecule has 1 aromatic rings. The molecule has 0 radical (unpaired) electrons. The van der Waals surface area contributed by atoms with E-state index >= 15 is 0 Å². The molecule has 0 aliphatic carbocycles. The summed E-state index contributed by atoms with van der Waals surface area (Å²) in [4.78, 5) is 0. The van der Waals surface area contributed by atoms with Gasteiger partial charge in [-0.2, -0.15) is 5.53 Å². The van der Waals surface area contributed by atoms with Crippen LogP contribution in [0.4, 0.5) is 5.69 Å². The van der Waals surface area contributed by atoms with E-state index in [4.69, 9.17) is 15.0 Å². The average Bonchev–Trinajstić information content (AvgIpc) is 2.26. The Morgan fingerprint density at radius 2 is 2.24 bits per heavy atom. The van der Waals surface area contributed by atoms with E-state index in [-0.39, 0.29) is 0 Å². The first-order valence-corrected chi connectivity index (χ1v) is 5.33. The van der Waals surface area contributed by atoms with Crippen LogP contribution in [-0.4, -0.2) is 24.7 Å². The molecule has 2 aliphatic rings. The van der Waals surface area contributed by atoms with Gasteiger partial charge < -0.3 is 14.8 Å². The monoisotopic (exact) mass is 232 g/mol. The molecule has 6 nitrogen and oxygen atoms in total. The molecule has 1 aromatic carbocycles. The summed E-state index contributed by atoms with van der Waals surface area (Å²) in [7, 11) is 0. The number of nitrogens with zero attached hydrogens (tertiary/aromatic N) is 2. The second-order valence-corrected chi connectivity index (χ2v) is 4.26. The highest BCUT2D eigenvalue weighted by Gasteiger charge is 2.50. The molecule has 3 rings (SSSR count). The molecule has 2 heterocycles. The van der Waals surface area contributed by atoms with Gasteiger partial charge in [0.1, 0.15) is 5.75 Å². The summed E-state index contributed by atoms with van der Waals surface area (Å²) < 4.78 is 11.1. The molecule has 0 atom stereocenters. The van der Waals surface area contributed by atoms with Crippen molar-refractivity contribution in [2.45, 2.75) is 12.5 Å². The number of fused-ring (bicyclic) bond motifs is 1. The third kappa shape index (κ3) is 1.49. The van der Waals surface area contributed by atoms with Gasteiger partial charge in [0.05, 0.1) is 18.9 Å². The number of aryl methyl sites for hydroxylation is 1. The molecule has 2 N–H and O–H groups in total. The Bertz CT molecular complexity index is 508. The van der Waals surface area contributed by atoms with Crippen LogP contribution in [0.15, 0.2) is 28.5 Å². The molecule has 2 aliphatic heterocycles. The second-order valence-electron chi connectivity index (χ2n) is 4.26. The summed E-state index contributed by atoms with van der Waals surface area (Å²) in [5.74, 6) is 1.32. The van der Waals surface area contributed by atoms with Gasteiger partial charge in [0.25, 0.3) is 0 Å². The third-order valence-corrected chi connectivity index (χ3v) is 2.95. The lowest BCUT2D eigenvalue weighted by Gasteiger charge is -2.44. The van der Waals surface area contributed by atoms with E-state index < -0.39 is 5.60 Å². The molecule has 1 fully saturated rings. The first-order valence-electron chi connectivity index (χ1n) is 5.33. The van der Waals surface area contributed by atoms with Gasteiger partial charge in [-0.25, -0.2) is 0 Å². The molecule has 0 unspecified atom stereocenters. The Kier molecular flexibility index (Phi) is 2.12. The first kappa shape index (κ1) is 10.2. The zero-order valence-electron chi connectivity index (χ0n) is 9.36. The van der Waals surface area contributed by atoms with Crippen LogP contribution in [0.3, 0.4) is 0 Å². The zero-order chi connectivity index (χ0) is 11.9. The summed E-state index contributed by atoms with van der Waals surface area (Å²) in [6.45, 7) is 2.87. The molecule has 0 bridgehead atoms. The summed E-state index contributed by atoms with van der Waals surface area (Å²) in [6.07, 6.45) is 0. The van der Waals surface area contributed by atoms with Gasteiger partial charge in [0.15, 0.2) is 5.84 Å². The normalized spacial score (nSPS) is 22.3. The van der Waals surface area contributed by atoms with E-state index in [0.29, 0.717) is 19.0 Å². The minimum atomic E-state index is -0.590. The Hall–Kier alpha value is -1.95. The van der Waals surface area contributed by atoms with Crippen molar-refractivity contribution in [1.82, 2.24) is 0 Å². The van der Waals surface area contributed by atoms with Crippen LogP contribution in [0, 0.1) is 12.5 Å². The van der Waals surface area contributed by atoms with E-state index in [1.165, 1.54) is 0 Å². The zero-order valence-corrected chi connectivity index (χ0v) is 9.36. The quantitative estimate of drug-likeness (QED) is 0.573. The standard InChI is InChI=1S/C11H12N4O2/c1-7-2-3-9-8(4-7)13-10(14-15-12)11(17-9)5-16-6-11/h2-4H,5-6H2,1H3,(H2,12,13,14). The first-order chi connectivity index (χ1) is 8.23. The van der Waals surface area contributed by atoms with E-state index in [9.17, 15) is 0 Å². The summed E-state index contributed by atoms with van der Waals surface area (Å²) in [6, 6.07) is 5.89. The highest BCUT2D eigenvalue weighted by atomic mass is 16.6. The largest absolute Gasteiger partial charge is 0.472 e. The van der Waals surface area contributed by atoms with Gasteiger partial charge >= 0.3 is 0 Å². The molecule has 1 spiro atoms. The molecular formula is C11H12N4O2. The van der Waals surface area contributed by atoms with Crippen LogP contribution >= 0.6 is 0 Å². The number of ether oxygens (including phenoxy) is 2. The highest BCUT2D eigenvalue weighted by molar-refractivity contribution is 6.05. The summed E-state index contributed by atoms with van der Waals surface area (Å²) in [5.41, 5.74) is 8.23. The second kappa shape index (κ2) is 3.53. The lowest BCUT2D eigenvalue weighted by molar-refractivity contribution is -0.120. The number of amidine groups is 1. The Balaban J connectivity index is 2.04. The summed E-state index contributed by atoms with van der Waals surface area (Å²) >= 11 is 0. The smallest absolute Gasteiger partial charge is 0.214 e. The van der Waals surface area contributed by atoms with Crippen molar-refractivity contribution in [2.24, 2.45) is 10.3 Å². The van der Waals surface area contributed by atoms with Crippen LogP contribution in [0.5, 0.6) is 5.75 Å². The Morgan fingerprint density at radius 1 is 1.41 bits per heavy atom. The highest BCUT2D eigenvalue weighted by Crippen LogP contribution is 2.37. The van der Waals surface area contributed by atoms with E-state index in [0.717, 1.165) is 17.0 Å². The number of anilines is 1. The van der Waals surface area contributed by atoms with Gasteiger partial charge in [-0.3, -0.25) is 0 Å². The van der Waals surface area contributed by atoms with Gasteiger partial charge in [-0.1, -0.05) is 11.3 Å². The number of benzene rings is 1. The lowest BCUT2D eigenvalue weighted by Crippen LogP contribution is -2.64. The van der Waals surface area contributed by atoms with Crippen molar-refractivity contribution >= 4 is 11.5 Å². The minimum absolute atomic E-state index is 0.432. The van der Waals surface area contributed by atoms with Crippen LogP contribution < -0.4 is 10.1 Å². The fourth-order valence-electron chi connectivity index (χ4n) is 1.98. The minimum Gasteiger partial charge on any atom is -0.472 e. The van der Waals surface area contributed by atoms with Crippen molar-refractivity contribution in [2.75, 3.05) is 18.5 Å². The van der Waals surface area contributed by atoms with Crippen molar-refractivity contribution in [3.63, 3.8) is 0 Å². The van der Waals surface area contributed by atoms with Crippen LogP contribution in [0.25, 0.3) is 0 Å². The predicted molar refractivity (Wildman–Crippen MR) is 61.6 cm³/mol. The van der Waals surface area contributed by atoms with Crippen molar-refractivity contribution in [3.8, 4) is 5.75 Å². The van der Waals surface area contributed by atoms with Crippen molar-refractivity contribution in [3.05, 3.63) is 23.8 Å². The van der Waals surface area contributed by atoms with Crippen molar-refractivity contribution in [1.29, 1.82) is 5.53 Å². The van der Waals surface area contributed by atoms with Gasteiger partial charge in [-0.15, -0.1) is 5.10 Å². The van der Waals surface area contributed by atoms with E-state index in [2.05, 4.69) is 15.6 Å². The molecular weight excluding hydrogens is 220 g/mol. The van der Waals surface area contributed by atoms with Crippen LogP contribution in [0.1, 0.15) is 5.56 Å². The predicted octanol–water partition coefficient (Wildman–Crippen LogP) is 1.91. The van der Waals surface area contributed by atoms with E-state index in [1.54, 1.807) is 0 Å². The van der Waals surface area contributed by atoms with E-state index in [1.807, 2.05) is 25.1 Å². The maximum Gasteiger partial charge on any atom is 0.214 e. The Labute approximate surface area is 98.1 Å². The molecule has 0 amide bonds. The third-order valence-electron chi connectivity index (χ3n) is 2.95. The molecule has 0 aromatic heterocycles. The average molecular weight is 232 g/mol. The molecule has 17 heavy (non-hydrogen) atoms. The number of hydrogen-bond acceptors (Lipinski definition) is 4. The summed E-state index contributed by atoms with van der Waals surface area (Å²) in [5, 5.41) is 10.0. The van der Waals surface area contributed by atoms with Crippen LogP contribution in [0.2, 0.25) is 0 Å². The fraction of sp³-hybridized carbons (Fsp3) is 0.364. The van der Waals surface area contributed by atoms with Gasteiger partial charge in [0.2, 0.25) is 5.60 Å². The SMILES string of the molecule is Cc1ccc2c(c1)N/C(=N\N=N)C1(COC1)O2. The molecule has 88 valence electrons. The fourth-order valence-corrected chi connectivity index (χ4v) is 1.98. The van der Waals surface area contributed by atoms with Crippen LogP contribution in [-0.2, 0) is 4.74 Å². The lowest BCUT2D eigenvalue weighted by atomic mass is 9.97. The maximum atomic E-state index is 6.84. The Morgan fingerprint density at radius 3 is 2.88 bits per heavy atom. The van der Waals surface area contributed by atoms with Gasteiger partial charge in [0, 0.05) is 0 Å². The number of rotatable bonds is 1. The van der Waals surface area contributed by atoms with Crippen molar-refractivity contribution < 1.29 is 9.47 Å². The maximum absolute atomic E-state index is 6.84. The topological polar surface area (TPSA) is 79.1 Å². The molecule has 0 saturated carbocycles. The van der Waals surface area contributed by atoms with Gasteiger partial charge in [-0.05, 0) is 24.6 Å². The number of hydrogen-bond donors (Lipinski definition) is 2. The number of nitrogens with one attached hydrogen (secondary N) is 2.